The van der Waals surface area contributed by atoms with Gasteiger partial charge in [-0.05, 0) is 53.9 Å². The van der Waals surface area contributed by atoms with E-state index in [-0.39, 0.29) is 18.5 Å². The molecular weight excluding hydrogens is 395 g/mol. The number of rotatable bonds is 6. The summed E-state index contributed by atoms with van der Waals surface area (Å²) < 4.78 is 19.3. The highest BCUT2D eigenvalue weighted by Crippen LogP contribution is 2.29. The SMILES string of the molecule is COc1cc(C(=O)NC(CN)c2cccc(C)c2)cc(-c2ccc3n[nH]c(F)c3c2)c1. The highest BCUT2D eigenvalue weighted by Gasteiger charge is 2.17. The van der Waals surface area contributed by atoms with Crippen molar-refractivity contribution in [1.29, 1.82) is 0 Å². The Morgan fingerprint density at radius 3 is 2.74 bits per heavy atom. The van der Waals surface area contributed by atoms with E-state index in [1.54, 1.807) is 30.3 Å². The fourth-order valence-corrected chi connectivity index (χ4v) is 3.58. The number of carbonyl (C=O) groups excluding carboxylic acids is 1. The third-order valence-corrected chi connectivity index (χ3v) is 5.23. The molecule has 0 radical (unpaired) electrons. The summed E-state index contributed by atoms with van der Waals surface area (Å²) >= 11 is 0. The topological polar surface area (TPSA) is 93.0 Å². The molecule has 0 bridgehead atoms. The van der Waals surface area contributed by atoms with Gasteiger partial charge in [0, 0.05) is 12.1 Å². The summed E-state index contributed by atoms with van der Waals surface area (Å²) in [6.07, 6.45) is 0. The number of aromatic nitrogens is 2. The van der Waals surface area contributed by atoms with Crippen LogP contribution in [0.4, 0.5) is 4.39 Å². The van der Waals surface area contributed by atoms with Crippen molar-refractivity contribution in [2.75, 3.05) is 13.7 Å². The summed E-state index contributed by atoms with van der Waals surface area (Å²) in [5, 5.41) is 9.63. The number of hydrogen-bond acceptors (Lipinski definition) is 4. The minimum Gasteiger partial charge on any atom is -0.497 e. The molecule has 0 aliphatic rings. The third kappa shape index (κ3) is 4.27. The number of H-pyrrole nitrogens is 1. The summed E-state index contributed by atoms with van der Waals surface area (Å²) in [6.45, 7) is 2.26. The minimum absolute atomic E-state index is 0.266. The molecular formula is C24H23FN4O2. The van der Waals surface area contributed by atoms with E-state index in [9.17, 15) is 9.18 Å². The molecule has 0 fully saturated rings. The molecule has 0 aliphatic heterocycles. The summed E-state index contributed by atoms with van der Waals surface area (Å²) in [5.74, 6) is -0.246. The van der Waals surface area contributed by atoms with Gasteiger partial charge < -0.3 is 15.8 Å². The zero-order chi connectivity index (χ0) is 22.0. The van der Waals surface area contributed by atoms with Crippen molar-refractivity contribution in [1.82, 2.24) is 15.5 Å². The molecule has 6 nitrogen and oxygen atoms in total. The van der Waals surface area contributed by atoms with Crippen LogP contribution in [0.15, 0.2) is 60.7 Å². The van der Waals surface area contributed by atoms with Gasteiger partial charge in [-0.2, -0.15) is 9.49 Å². The maximum Gasteiger partial charge on any atom is 0.251 e. The second-order valence-corrected chi connectivity index (χ2v) is 7.40. The van der Waals surface area contributed by atoms with Gasteiger partial charge in [-0.15, -0.1) is 0 Å². The predicted octanol–water partition coefficient (Wildman–Crippen LogP) is 4.12. The van der Waals surface area contributed by atoms with Crippen LogP contribution in [0, 0.1) is 12.9 Å². The molecule has 4 N–H and O–H groups in total. The Morgan fingerprint density at radius 1 is 1.16 bits per heavy atom. The number of ether oxygens (including phenoxy) is 1. The first-order valence-corrected chi connectivity index (χ1v) is 9.89. The number of amides is 1. The standard InChI is InChI=1S/C24H23FN4O2/c1-14-4-3-5-16(8-14)22(13-26)27-24(30)18-9-17(10-19(11-18)31-2)15-6-7-21-20(12-15)23(25)29-28-21/h3-12,22H,13,26H2,1-2H3,(H,27,30)(H,28,29). The largest absolute Gasteiger partial charge is 0.497 e. The smallest absolute Gasteiger partial charge is 0.251 e. The van der Waals surface area contributed by atoms with Gasteiger partial charge >= 0.3 is 0 Å². The summed E-state index contributed by atoms with van der Waals surface area (Å²) in [5.41, 5.74) is 10.4. The molecule has 1 aromatic heterocycles. The van der Waals surface area contributed by atoms with Crippen LogP contribution in [0.3, 0.4) is 0 Å². The van der Waals surface area contributed by atoms with Gasteiger partial charge in [0.15, 0.2) is 0 Å². The molecule has 1 amide bonds. The number of fused-ring (bicyclic) bond motifs is 1. The number of methoxy groups -OCH3 is 1. The normalized spacial score (nSPS) is 12.0. The Labute approximate surface area is 179 Å². The molecule has 31 heavy (non-hydrogen) atoms. The average Bonchev–Trinajstić information content (AvgIpc) is 3.17. The molecule has 4 rings (SSSR count). The van der Waals surface area contributed by atoms with Gasteiger partial charge in [0.25, 0.3) is 5.91 Å². The third-order valence-electron chi connectivity index (χ3n) is 5.23. The number of halogens is 1. The first kappa shape index (κ1) is 20.6. The Morgan fingerprint density at radius 2 is 2.00 bits per heavy atom. The van der Waals surface area contributed by atoms with Crippen LogP contribution in [0.2, 0.25) is 0 Å². The number of aryl methyl sites for hydroxylation is 1. The van der Waals surface area contributed by atoms with Crippen LogP contribution in [-0.4, -0.2) is 29.8 Å². The number of nitrogens with zero attached hydrogens (tertiary/aromatic N) is 1. The van der Waals surface area contributed by atoms with Crippen molar-refractivity contribution in [3.05, 3.63) is 83.3 Å². The van der Waals surface area contributed by atoms with Crippen molar-refractivity contribution >= 4 is 16.8 Å². The second kappa shape index (κ2) is 8.57. The van der Waals surface area contributed by atoms with Gasteiger partial charge in [-0.1, -0.05) is 35.9 Å². The van der Waals surface area contributed by atoms with E-state index in [1.807, 2.05) is 37.3 Å². The van der Waals surface area contributed by atoms with Crippen molar-refractivity contribution in [2.24, 2.45) is 5.73 Å². The predicted molar refractivity (Wildman–Crippen MR) is 118 cm³/mol. The lowest BCUT2D eigenvalue weighted by Gasteiger charge is -2.18. The Bertz CT molecular complexity index is 1250. The Balaban J connectivity index is 1.67. The molecule has 0 aliphatic carbocycles. The van der Waals surface area contributed by atoms with Gasteiger partial charge in [-0.25, -0.2) is 0 Å². The summed E-state index contributed by atoms with van der Waals surface area (Å²) in [6, 6.07) is 18.0. The summed E-state index contributed by atoms with van der Waals surface area (Å²) in [4.78, 5) is 13.1. The molecule has 0 saturated carbocycles. The molecule has 7 heteroatoms. The van der Waals surface area contributed by atoms with E-state index in [0.29, 0.717) is 22.2 Å². The summed E-state index contributed by atoms with van der Waals surface area (Å²) in [7, 11) is 1.54. The van der Waals surface area contributed by atoms with Gasteiger partial charge in [0.2, 0.25) is 5.95 Å². The highest BCUT2D eigenvalue weighted by atomic mass is 19.1. The number of nitrogens with two attached hydrogens (primary N) is 1. The Kier molecular flexibility index (Phi) is 5.68. The maximum absolute atomic E-state index is 13.9. The molecule has 4 aromatic rings. The fourth-order valence-electron chi connectivity index (χ4n) is 3.58. The van der Waals surface area contributed by atoms with Gasteiger partial charge in [0.1, 0.15) is 5.75 Å². The average molecular weight is 418 g/mol. The van der Waals surface area contributed by atoms with Crippen LogP contribution < -0.4 is 15.8 Å². The van der Waals surface area contributed by atoms with Crippen LogP contribution in [0.25, 0.3) is 22.0 Å². The molecule has 1 atom stereocenters. The number of nitrogens with one attached hydrogen (secondary N) is 2. The first-order chi connectivity index (χ1) is 15.0. The zero-order valence-corrected chi connectivity index (χ0v) is 17.3. The fraction of sp³-hybridized carbons (Fsp3) is 0.167. The van der Waals surface area contributed by atoms with E-state index in [0.717, 1.165) is 22.3 Å². The van der Waals surface area contributed by atoms with Crippen LogP contribution in [-0.2, 0) is 0 Å². The second-order valence-electron chi connectivity index (χ2n) is 7.40. The van der Waals surface area contributed by atoms with E-state index >= 15 is 0 Å². The first-order valence-electron chi connectivity index (χ1n) is 9.89. The molecule has 1 unspecified atom stereocenters. The lowest BCUT2D eigenvalue weighted by Crippen LogP contribution is -2.33. The van der Waals surface area contributed by atoms with Crippen molar-refractivity contribution in [2.45, 2.75) is 13.0 Å². The number of benzene rings is 3. The Hall–Kier alpha value is -3.71. The van der Waals surface area contributed by atoms with Crippen molar-refractivity contribution in [3.8, 4) is 16.9 Å². The number of aromatic amines is 1. The number of carbonyl (C=O) groups is 1. The van der Waals surface area contributed by atoms with E-state index in [4.69, 9.17) is 10.5 Å². The molecule has 158 valence electrons. The number of hydrogen-bond donors (Lipinski definition) is 3. The molecule has 1 heterocycles. The molecule has 0 saturated heterocycles. The van der Waals surface area contributed by atoms with Crippen LogP contribution in [0.5, 0.6) is 5.75 Å². The van der Waals surface area contributed by atoms with Crippen molar-refractivity contribution < 1.29 is 13.9 Å². The monoisotopic (exact) mass is 418 g/mol. The van der Waals surface area contributed by atoms with E-state index < -0.39 is 5.95 Å². The van der Waals surface area contributed by atoms with Crippen LogP contribution >= 0.6 is 0 Å². The van der Waals surface area contributed by atoms with E-state index in [1.165, 1.54) is 7.11 Å². The highest BCUT2D eigenvalue weighted by molar-refractivity contribution is 5.96. The quantitative estimate of drug-likeness (QED) is 0.439. The maximum atomic E-state index is 13.9. The van der Waals surface area contributed by atoms with Gasteiger partial charge in [0.05, 0.1) is 24.1 Å². The van der Waals surface area contributed by atoms with Gasteiger partial charge in [-0.3, -0.25) is 9.89 Å². The lowest BCUT2D eigenvalue weighted by atomic mass is 10.00. The van der Waals surface area contributed by atoms with Crippen LogP contribution in [0.1, 0.15) is 27.5 Å². The van der Waals surface area contributed by atoms with Crippen molar-refractivity contribution in [3.63, 3.8) is 0 Å². The minimum atomic E-state index is -0.498. The zero-order valence-electron chi connectivity index (χ0n) is 17.3. The lowest BCUT2D eigenvalue weighted by molar-refractivity contribution is 0.0937. The molecule has 3 aromatic carbocycles. The molecule has 0 spiro atoms. The van der Waals surface area contributed by atoms with E-state index in [2.05, 4.69) is 15.5 Å².